The number of ether oxygens (including phenoxy) is 1. The molecule has 1 fully saturated rings. The quantitative estimate of drug-likeness (QED) is 0.686. The Kier molecular flexibility index (Phi) is 4.34. The molecule has 0 aromatic heterocycles. The van der Waals surface area contributed by atoms with Crippen LogP contribution in [0.1, 0.15) is 26.7 Å². The van der Waals surface area contributed by atoms with Gasteiger partial charge in [0, 0.05) is 13.2 Å². The lowest BCUT2D eigenvalue weighted by atomic mass is 9.86. The molecule has 1 saturated heterocycles. The molecule has 4 nitrogen and oxygen atoms in total. The van der Waals surface area contributed by atoms with Gasteiger partial charge >= 0.3 is 0 Å². The Labute approximate surface area is 97.5 Å². The molecule has 1 aliphatic heterocycles. The molecule has 1 heterocycles. The van der Waals surface area contributed by atoms with Gasteiger partial charge < -0.3 is 4.74 Å². The van der Waals surface area contributed by atoms with E-state index >= 15 is 0 Å². The van der Waals surface area contributed by atoms with Crippen LogP contribution in [0.5, 0.6) is 0 Å². The number of hydrogen-bond donors (Lipinski definition) is 0. The lowest BCUT2D eigenvalue weighted by Crippen LogP contribution is -2.22. The molecule has 1 unspecified atom stereocenters. The summed E-state index contributed by atoms with van der Waals surface area (Å²) in [4.78, 5) is 0. The first-order valence-electron chi connectivity index (χ1n) is 5.59. The van der Waals surface area contributed by atoms with Gasteiger partial charge in [-0.2, -0.15) is 5.26 Å². The number of nitriles is 1. The van der Waals surface area contributed by atoms with E-state index in [1.807, 2.05) is 0 Å². The van der Waals surface area contributed by atoms with Crippen molar-refractivity contribution in [1.82, 2.24) is 0 Å². The summed E-state index contributed by atoms with van der Waals surface area (Å²) in [7, 11) is -3.00. The Morgan fingerprint density at radius 3 is 2.62 bits per heavy atom. The fraction of sp³-hybridized carbons (Fsp3) is 0.909. The first-order valence-corrected chi connectivity index (χ1v) is 7.41. The van der Waals surface area contributed by atoms with Gasteiger partial charge in [0.25, 0.3) is 0 Å². The first kappa shape index (κ1) is 13.5. The Balaban J connectivity index is 2.42. The summed E-state index contributed by atoms with van der Waals surface area (Å²) in [6.07, 6.45) is 0.978. The van der Waals surface area contributed by atoms with Crippen molar-refractivity contribution in [3.63, 3.8) is 0 Å². The van der Waals surface area contributed by atoms with E-state index in [1.165, 1.54) is 0 Å². The second-order valence-corrected chi connectivity index (χ2v) is 7.14. The van der Waals surface area contributed by atoms with Crippen LogP contribution in [0.3, 0.4) is 0 Å². The Hall–Kier alpha value is -0.600. The molecule has 0 amide bonds. The monoisotopic (exact) mass is 245 g/mol. The zero-order valence-corrected chi connectivity index (χ0v) is 10.7. The highest BCUT2D eigenvalue weighted by Gasteiger charge is 2.42. The molecular weight excluding hydrogens is 226 g/mol. The van der Waals surface area contributed by atoms with E-state index in [1.54, 1.807) is 0 Å². The molecule has 1 atom stereocenters. The lowest BCUT2D eigenvalue weighted by molar-refractivity contribution is 0.0921. The van der Waals surface area contributed by atoms with Gasteiger partial charge in [0.1, 0.15) is 0 Å². The smallest absolute Gasteiger partial charge is 0.151 e. The molecule has 5 heteroatoms. The van der Waals surface area contributed by atoms with Crippen molar-refractivity contribution in [1.29, 1.82) is 5.26 Å². The molecule has 0 bridgehead atoms. The van der Waals surface area contributed by atoms with Gasteiger partial charge in [0.15, 0.2) is 9.84 Å². The van der Waals surface area contributed by atoms with Crippen LogP contribution in [0.4, 0.5) is 0 Å². The number of sulfone groups is 1. The molecule has 0 N–H and O–H groups in total. The molecule has 0 aliphatic carbocycles. The summed E-state index contributed by atoms with van der Waals surface area (Å²) in [6, 6.07) is 2.16. The predicted octanol–water partition coefficient (Wildman–Crippen LogP) is 1.38. The van der Waals surface area contributed by atoms with Gasteiger partial charge in [0.2, 0.25) is 0 Å². The topological polar surface area (TPSA) is 67.2 Å². The van der Waals surface area contributed by atoms with Crippen molar-refractivity contribution in [2.75, 3.05) is 24.7 Å². The second-order valence-electron chi connectivity index (χ2n) is 4.95. The zero-order valence-electron chi connectivity index (χ0n) is 9.90. The Morgan fingerprint density at radius 2 is 2.19 bits per heavy atom. The molecule has 0 saturated carbocycles. The van der Waals surface area contributed by atoms with Crippen LogP contribution in [0, 0.1) is 22.7 Å². The number of nitrogens with zero attached hydrogens (tertiary/aromatic N) is 1. The zero-order chi connectivity index (χ0) is 12.2. The van der Waals surface area contributed by atoms with Crippen molar-refractivity contribution >= 4 is 9.84 Å². The molecule has 0 radical (unpaired) electrons. The third kappa shape index (κ3) is 3.76. The SMILES string of the molecule is CC(C)COCCC1(C#N)CCS(=O)(=O)C1. The van der Waals surface area contributed by atoms with E-state index in [9.17, 15) is 8.42 Å². The van der Waals surface area contributed by atoms with Gasteiger partial charge in [-0.1, -0.05) is 13.8 Å². The van der Waals surface area contributed by atoms with Crippen molar-refractivity contribution in [3.8, 4) is 6.07 Å². The van der Waals surface area contributed by atoms with E-state index in [0.29, 0.717) is 32.0 Å². The first-order chi connectivity index (χ1) is 7.39. The van der Waals surface area contributed by atoms with E-state index in [-0.39, 0.29) is 11.5 Å². The highest BCUT2D eigenvalue weighted by atomic mass is 32.2. The standard InChI is InChI=1S/C11H19NO3S/c1-10(2)7-15-5-3-11(8-12)4-6-16(13,14)9-11/h10H,3-7,9H2,1-2H3. The van der Waals surface area contributed by atoms with Gasteiger partial charge in [-0.15, -0.1) is 0 Å². The Morgan fingerprint density at radius 1 is 1.50 bits per heavy atom. The maximum absolute atomic E-state index is 11.4. The summed E-state index contributed by atoms with van der Waals surface area (Å²) >= 11 is 0. The predicted molar refractivity (Wildman–Crippen MR) is 61.6 cm³/mol. The van der Waals surface area contributed by atoms with E-state index in [4.69, 9.17) is 10.00 Å². The maximum atomic E-state index is 11.4. The fourth-order valence-corrected chi connectivity index (χ4v) is 3.89. The summed E-state index contributed by atoms with van der Waals surface area (Å²) < 4.78 is 28.1. The highest BCUT2D eigenvalue weighted by molar-refractivity contribution is 7.91. The highest BCUT2D eigenvalue weighted by Crippen LogP contribution is 2.34. The number of hydrogen-bond acceptors (Lipinski definition) is 4. The molecule has 1 aliphatic rings. The van der Waals surface area contributed by atoms with Gasteiger partial charge in [-0.05, 0) is 18.8 Å². The largest absolute Gasteiger partial charge is 0.381 e. The van der Waals surface area contributed by atoms with Crippen LogP contribution in [-0.2, 0) is 14.6 Å². The van der Waals surface area contributed by atoms with Crippen molar-refractivity contribution < 1.29 is 13.2 Å². The summed E-state index contributed by atoms with van der Waals surface area (Å²) in [5, 5.41) is 9.09. The molecule has 92 valence electrons. The summed E-state index contributed by atoms with van der Waals surface area (Å²) in [5.41, 5.74) is -0.699. The minimum Gasteiger partial charge on any atom is -0.381 e. The summed E-state index contributed by atoms with van der Waals surface area (Å²) in [6.45, 7) is 5.25. The van der Waals surface area contributed by atoms with Crippen LogP contribution in [0.2, 0.25) is 0 Å². The van der Waals surface area contributed by atoms with Crippen molar-refractivity contribution in [3.05, 3.63) is 0 Å². The maximum Gasteiger partial charge on any atom is 0.151 e. The lowest BCUT2D eigenvalue weighted by Gasteiger charge is -2.18. The average Bonchev–Trinajstić information content (AvgIpc) is 2.50. The van der Waals surface area contributed by atoms with Gasteiger partial charge in [0.05, 0.1) is 23.0 Å². The van der Waals surface area contributed by atoms with Crippen LogP contribution >= 0.6 is 0 Å². The van der Waals surface area contributed by atoms with Crippen LogP contribution in [0.25, 0.3) is 0 Å². The van der Waals surface area contributed by atoms with Crippen LogP contribution < -0.4 is 0 Å². The molecular formula is C11H19NO3S. The van der Waals surface area contributed by atoms with Gasteiger partial charge in [-0.25, -0.2) is 8.42 Å². The molecule has 0 spiro atoms. The average molecular weight is 245 g/mol. The fourth-order valence-electron chi connectivity index (χ4n) is 1.84. The van der Waals surface area contributed by atoms with Crippen LogP contribution in [-0.4, -0.2) is 33.1 Å². The molecule has 0 aromatic rings. The minimum atomic E-state index is -3.00. The second kappa shape index (κ2) is 5.15. The van der Waals surface area contributed by atoms with E-state index < -0.39 is 15.3 Å². The third-order valence-electron chi connectivity index (χ3n) is 2.80. The third-order valence-corrected chi connectivity index (χ3v) is 4.62. The molecule has 16 heavy (non-hydrogen) atoms. The molecule has 1 rings (SSSR count). The summed E-state index contributed by atoms with van der Waals surface area (Å²) in [5.74, 6) is 0.608. The Bertz CT molecular complexity index is 369. The number of rotatable bonds is 5. The van der Waals surface area contributed by atoms with E-state index in [0.717, 1.165) is 0 Å². The molecule has 0 aromatic carbocycles. The van der Waals surface area contributed by atoms with Gasteiger partial charge in [-0.3, -0.25) is 0 Å². The van der Waals surface area contributed by atoms with Crippen molar-refractivity contribution in [2.24, 2.45) is 11.3 Å². The minimum absolute atomic E-state index is 0.00153. The van der Waals surface area contributed by atoms with Crippen LogP contribution in [0.15, 0.2) is 0 Å². The van der Waals surface area contributed by atoms with E-state index in [2.05, 4.69) is 19.9 Å². The normalized spacial score (nSPS) is 28.1. The van der Waals surface area contributed by atoms with Crippen molar-refractivity contribution in [2.45, 2.75) is 26.7 Å².